The molecule has 3 atom stereocenters. The van der Waals surface area contributed by atoms with Gasteiger partial charge in [-0.3, -0.25) is 9.69 Å². The molecule has 1 fully saturated rings. The number of nitrogens with one attached hydrogen (secondary N) is 1. The Morgan fingerprint density at radius 1 is 1.38 bits per heavy atom. The molecule has 1 aliphatic rings. The SMILES string of the molecule is C[C@@H]1CN([C@@H](NC(=O)c2ccco2)C(Cl)(Cl)Cl)C[C@@H](C)O1. The van der Waals surface area contributed by atoms with E-state index >= 15 is 0 Å². The number of amides is 1. The van der Waals surface area contributed by atoms with Crippen molar-refractivity contribution in [1.82, 2.24) is 10.2 Å². The van der Waals surface area contributed by atoms with Crippen molar-refractivity contribution in [2.24, 2.45) is 0 Å². The zero-order valence-corrected chi connectivity index (χ0v) is 14.0. The second-order valence-corrected chi connectivity index (χ2v) is 7.48. The normalized spacial score (nSPS) is 25.6. The van der Waals surface area contributed by atoms with Crippen LogP contribution in [0.4, 0.5) is 0 Å². The van der Waals surface area contributed by atoms with E-state index in [1.54, 1.807) is 12.1 Å². The Hall–Kier alpha value is -0.460. The number of halogens is 3. The van der Waals surface area contributed by atoms with Crippen molar-refractivity contribution < 1.29 is 13.9 Å². The van der Waals surface area contributed by atoms with Gasteiger partial charge in [0.15, 0.2) is 5.76 Å². The van der Waals surface area contributed by atoms with Crippen molar-refractivity contribution in [1.29, 1.82) is 0 Å². The molecule has 0 bridgehead atoms. The third-order valence-electron chi connectivity index (χ3n) is 3.14. The first kappa shape index (κ1) is 16.9. The minimum atomic E-state index is -1.67. The Labute approximate surface area is 138 Å². The van der Waals surface area contributed by atoms with Crippen LogP contribution in [0, 0.1) is 0 Å². The summed E-state index contributed by atoms with van der Waals surface area (Å²) in [7, 11) is 0. The molecule has 0 radical (unpaired) electrons. The van der Waals surface area contributed by atoms with Crippen LogP contribution >= 0.6 is 34.8 Å². The number of hydrogen-bond acceptors (Lipinski definition) is 4. The molecule has 1 saturated heterocycles. The van der Waals surface area contributed by atoms with Crippen LogP contribution in [0.2, 0.25) is 0 Å². The lowest BCUT2D eigenvalue weighted by atomic mass is 10.2. The summed E-state index contributed by atoms with van der Waals surface area (Å²) in [5.74, 6) is -0.258. The van der Waals surface area contributed by atoms with Gasteiger partial charge in [0.25, 0.3) is 5.91 Å². The number of morpholine rings is 1. The standard InChI is InChI=1S/C13H17Cl3N2O3/c1-8-6-18(7-9(2)21-8)12(13(14,15)16)17-11(19)10-4-3-5-20-10/h3-5,8-9,12H,6-7H2,1-2H3,(H,17,19)/t8-,9-,12-/m1/s1. The van der Waals surface area contributed by atoms with E-state index in [1.165, 1.54) is 6.26 Å². The smallest absolute Gasteiger partial charge is 0.288 e. The largest absolute Gasteiger partial charge is 0.459 e. The van der Waals surface area contributed by atoms with Gasteiger partial charge in [0, 0.05) is 13.1 Å². The lowest BCUT2D eigenvalue weighted by Crippen LogP contribution is -2.60. The molecular formula is C13H17Cl3N2O3. The van der Waals surface area contributed by atoms with Crippen molar-refractivity contribution >= 4 is 40.7 Å². The monoisotopic (exact) mass is 354 g/mol. The summed E-state index contributed by atoms with van der Waals surface area (Å²) in [4.78, 5) is 14.0. The van der Waals surface area contributed by atoms with E-state index in [0.29, 0.717) is 13.1 Å². The Bertz CT molecular complexity index is 466. The van der Waals surface area contributed by atoms with Crippen LogP contribution in [0.3, 0.4) is 0 Å². The van der Waals surface area contributed by atoms with E-state index in [0.717, 1.165) is 0 Å². The lowest BCUT2D eigenvalue weighted by Gasteiger charge is -2.42. The number of carbonyl (C=O) groups is 1. The van der Waals surface area contributed by atoms with Gasteiger partial charge in [0.2, 0.25) is 3.79 Å². The summed E-state index contributed by atoms with van der Waals surface area (Å²) in [5.41, 5.74) is 0. The van der Waals surface area contributed by atoms with Gasteiger partial charge in [-0.15, -0.1) is 0 Å². The zero-order valence-electron chi connectivity index (χ0n) is 11.7. The van der Waals surface area contributed by atoms with E-state index < -0.39 is 15.9 Å². The molecular weight excluding hydrogens is 339 g/mol. The fourth-order valence-electron chi connectivity index (χ4n) is 2.41. The molecule has 0 aromatic carbocycles. The van der Waals surface area contributed by atoms with Crippen molar-refractivity contribution in [3.05, 3.63) is 24.2 Å². The molecule has 2 rings (SSSR count). The highest BCUT2D eigenvalue weighted by atomic mass is 35.6. The van der Waals surface area contributed by atoms with Crippen LogP contribution in [0.15, 0.2) is 22.8 Å². The van der Waals surface area contributed by atoms with Crippen LogP contribution in [-0.4, -0.2) is 46.1 Å². The quantitative estimate of drug-likeness (QED) is 0.847. The first-order valence-corrected chi connectivity index (χ1v) is 7.71. The molecule has 8 heteroatoms. The van der Waals surface area contributed by atoms with Crippen LogP contribution < -0.4 is 5.32 Å². The average molecular weight is 356 g/mol. The van der Waals surface area contributed by atoms with Gasteiger partial charge in [-0.05, 0) is 26.0 Å². The second-order valence-electron chi connectivity index (χ2n) is 5.11. The minimum absolute atomic E-state index is 0.0101. The van der Waals surface area contributed by atoms with Gasteiger partial charge in [0.05, 0.1) is 18.5 Å². The summed E-state index contributed by atoms with van der Waals surface area (Å²) in [5, 5.41) is 2.71. The van der Waals surface area contributed by atoms with Crippen molar-refractivity contribution in [3.63, 3.8) is 0 Å². The molecule has 0 aliphatic carbocycles. The molecule has 5 nitrogen and oxygen atoms in total. The van der Waals surface area contributed by atoms with Gasteiger partial charge in [-0.1, -0.05) is 34.8 Å². The summed E-state index contributed by atoms with van der Waals surface area (Å²) >= 11 is 18.1. The maximum atomic E-state index is 12.1. The predicted octanol–water partition coefficient (Wildman–Crippen LogP) is 2.81. The topological polar surface area (TPSA) is 54.7 Å². The summed E-state index contributed by atoms with van der Waals surface area (Å²) in [6, 6.07) is 3.17. The average Bonchev–Trinajstić information content (AvgIpc) is 2.86. The molecule has 1 aliphatic heterocycles. The zero-order chi connectivity index (χ0) is 15.6. The number of alkyl halides is 3. The number of carbonyl (C=O) groups excluding carboxylic acids is 1. The van der Waals surface area contributed by atoms with Crippen LogP contribution in [0.1, 0.15) is 24.4 Å². The molecule has 21 heavy (non-hydrogen) atoms. The first-order valence-electron chi connectivity index (χ1n) is 6.58. The Balaban J connectivity index is 2.13. The number of nitrogens with zero attached hydrogens (tertiary/aromatic N) is 1. The minimum Gasteiger partial charge on any atom is -0.459 e. The molecule has 0 saturated carbocycles. The fraction of sp³-hybridized carbons (Fsp3) is 0.615. The second kappa shape index (κ2) is 6.75. The van der Waals surface area contributed by atoms with E-state index in [2.05, 4.69) is 5.32 Å². The van der Waals surface area contributed by atoms with E-state index in [4.69, 9.17) is 44.0 Å². The van der Waals surface area contributed by atoms with Crippen molar-refractivity contribution in [2.45, 2.75) is 36.0 Å². The van der Waals surface area contributed by atoms with Gasteiger partial charge >= 0.3 is 0 Å². The molecule has 1 aromatic rings. The van der Waals surface area contributed by atoms with Gasteiger partial charge in [-0.2, -0.15) is 0 Å². The molecule has 2 heterocycles. The molecule has 0 unspecified atom stereocenters. The predicted molar refractivity (Wildman–Crippen MR) is 81.8 cm³/mol. The number of ether oxygens (including phenoxy) is 1. The third kappa shape index (κ3) is 4.50. The van der Waals surface area contributed by atoms with E-state index in [1.807, 2.05) is 18.7 Å². The fourth-order valence-corrected chi connectivity index (χ4v) is 2.99. The van der Waals surface area contributed by atoms with Gasteiger partial charge in [-0.25, -0.2) is 0 Å². The number of hydrogen-bond donors (Lipinski definition) is 1. The Morgan fingerprint density at radius 3 is 2.48 bits per heavy atom. The summed E-state index contributed by atoms with van der Waals surface area (Å²) in [6.07, 6.45) is 0.625. The van der Waals surface area contributed by atoms with Crippen LogP contribution in [0.5, 0.6) is 0 Å². The Morgan fingerprint density at radius 2 is 2.00 bits per heavy atom. The van der Waals surface area contributed by atoms with Crippen LogP contribution in [-0.2, 0) is 4.74 Å². The van der Waals surface area contributed by atoms with E-state index in [-0.39, 0.29) is 18.0 Å². The lowest BCUT2D eigenvalue weighted by molar-refractivity contribution is -0.0827. The Kier molecular flexibility index (Phi) is 5.43. The number of rotatable bonds is 3. The first-order chi connectivity index (χ1) is 9.77. The summed E-state index contributed by atoms with van der Waals surface area (Å²) in [6.45, 7) is 4.99. The number of furan rings is 1. The van der Waals surface area contributed by atoms with Crippen molar-refractivity contribution in [3.8, 4) is 0 Å². The molecule has 0 spiro atoms. The maximum absolute atomic E-state index is 12.1. The molecule has 118 valence electrons. The van der Waals surface area contributed by atoms with Gasteiger partial charge in [0.1, 0.15) is 6.17 Å². The highest BCUT2D eigenvalue weighted by molar-refractivity contribution is 6.68. The maximum Gasteiger partial charge on any atom is 0.288 e. The van der Waals surface area contributed by atoms with Crippen molar-refractivity contribution in [2.75, 3.05) is 13.1 Å². The van der Waals surface area contributed by atoms with Gasteiger partial charge < -0.3 is 14.5 Å². The molecule has 1 aromatic heterocycles. The van der Waals surface area contributed by atoms with E-state index in [9.17, 15) is 4.79 Å². The molecule has 1 N–H and O–H groups in total. The molecule has 1 amide bonds. The highest BCUT2D eigenvalue weighted by Gasteiger charge is 2.41. The van der Waals surface area contributed by atoms with Crippen LogP contribution in [0.25, 0.3) is 0 Å². The highest BCUT2D eigenvalue weighted by Crippen LogP contribution is 2.33. The third-order valence-corrected chi connectivity index (χ3v) is 3.76. The summed E-state index contributed by atoms with van der Waals surface area (Å²) < 4.78 is 9.04.